The maximum Gasteiger partial charge on any atom is 0.322 e. The summed E-state index contributed by atoms with van der Waals surface area (Å²) < 4.78 is 5.85. The lowest BCUT2D eigenvalue weighted by molar-refractivity contribution is -0.138. The first-order valence-electron chi connectivity index (χ1n) is 14.8. The Balaban J connectivity index is 3.20. The van der Waals surface area contributed by atoms with Crippen molar-refractivity contribution >= 4 is 35.5 Å². The average Bonchev–Trinajstić information content (AvgIpc) is 2.89. The van der Waals surface area contributed by atoms with Gasteiger partial charge in [-0.3, -0.25) is 28.8 Å². The van der Waals surface area contributed by atoms with Crippen molar-refractivity contribution in [1.82, 2.24) is 26.6 Å². The second-order valence-corrected chi connectivity index (χ2v) is 12.6. The van der Waals surface area contributed by atoms with Crippen LogP contribution in [0.5, 0.6) is 5.75 Å². The van der Waals surface area contributed by atoms with Gasteiger partial charge >= 0.3 is 5.97 Å². The molecule has 0 aliphatic rings. The lowest BCUT2D eigenvalue weighted by Gasteiger charge is -2.27. The fourth-order valence-corrected chi connectivity index (χ4v) is 4.18. The maximum atomic E-state index is 13.6. The van der Waals surface area contributed by atoms with E-state index in [1.165, 1.54) is 6.92 Å². The number of hydrogen-bond acceptors (Lipinski definition) is 7. The Morgan fingerprint density at radius 2 is 1.23 bits per heavy atom. The van der Waals surface area contributed by atoms with E-state index in [0.717, 1.165) is 0 Å². The number of ether oxygens (including phenoxy) is 1. The molecule has 0 heterocycles. The zero-order valence-corrected chi connectivity index (χ0v) is 27.0. The molecule has 246 valence electrons. The number of carbonyl (C=O) groups is 6. The molecule has 0 saturated heterocycles. The molecule has 44 heavy (non-hydrogen) atoms. The molecular weight excluding hydrogens is 570 g/mol. The molecule has 0 aliphatic carbocycles. The summed E-state index contributed by atoms with van der Waals surface area (Å²) in [5.41, 5.74) is 0.307. The molecule has 6 N–H and O–H groups in total. The summed E-state index contributed by atoms with van der Waals surface area (Å²) in [6.07, 6.45) is 0.557. The fraction of sp³-hybridized carbons (Fsp3) is 0.613. The Kier molecular flexibility index (Phi) is 15.3. The van der Waals surface area contributed by atoms with Gasteiger partial charge < -0.3 is 36.4 Å². The molecule has 0 fully saturated rings. The van der Waals surface area contributed by atoms with E-state index in [9.17, 15) is 28.8 Å². The number of hydrogen-bond donors (Lipinski definition) is 6. The van der Waals surface area contributed by atoms with E-state index >= 15 is 0 Å². The minimum absolute atomic E-state index is 0.00240. The fourth-order valence-electron chi connectivity index (χ4n) is 4.18. The first-order chi connectivity index (χ1) is 20.4. The van der Waals surface area contributed by atoms with E-state index in [4.69, 9.17) is 9.84 Å². The summed E-state index contributed by atoms with van der Waals surface area (Å²) in [4.78, 5) is 74.5. The van der Waals surface area contributed by atoms with Crippen LogP contribution in [-0.2, 0) is 35.2 Å². The second-order valence-electron chi connectivity index (χ2n) is 12.6. The predicted octanol–water partition coefficient (Wildman–Crippen LogP) is 1.29. The molecule has 1 rings (SSSR count). The summed E-state index contributed by atoms with van der Waals surface area (Å²) in [7, 11) is 0. The number of carboxylic acid groups (broad SMARTS) is 1. The van der Waals surface area contributed by atoms with E-state index in [0.29, 0.717) is 11.3 Å². The Hall–Kier alpha value is -4.16. The van der Waals surface area contributed by atoms with Crippen molar-refractivity contribution in [3.8, 4) is 5.75 Å². The number of rotatable bonds is 17. The average molecular weight is 620 g/mol. The van der Waals surface area contributed by atoms with E-state index in [2.05, 4.69) is 26.6 Å². The third-order valence-electron chi connectivity index (χ3n) is 6.03. The van der Waals surface area contributed by atoms with Gasteiger partial charge in [0.2, 0.25) is 29.5 Å². The Bertz CT molecular complexity index is 1140. The number of nitrogens with one attached hydrogen (secondary N) is 5. The molecule has 0 aliphatic heterocycles. The lowest BCUT2D eigenvalue weighted by Crippen LogP contribution is -2.58. The minimum atomic E-state index is -1.22. The van der Waals surface area contributed by atoms with Gasteiger partial charge in [-0.2, -0.15) is 0 Å². The number of carbonyl (C=O) groups excluding carboxylic acids is 5. The largest absolute Gasteiger partial charge is 0.488 e. The van der Waals surface area contributed by atoms with Gasteiger partial charge in [0.15, 0.2) is 0 Å². The van der Waals surface area contributed by atoms with Gasteiger partial charge in [0.05, 0.1) is 6.54 Å². The zero-order valence-electron chi connectivity index (χ0n) is 27.0. The molecule has 0 spiro atoms. The molecule has 0 aromatic heterocycles. The van der Waals surface area contributed by atoms with Gasteiger partial charge in [0, 0.05) is 13.3 Å². The predicted molar refractivity (Wildman–Crippen MR) is 165 cm³/mol. The van der Waals surface area contributed by atoms with Crippen molar-refractivity contribution in [2.24, 2.45) is 11.8 Å². The van der Waals surface area contributed by atoms with Crippen LogP contribution in [0, 0.1) is 11.8 Å². The first kappa shape index (κ1) is 37.9. The monoisotopic (exact) mass is 619 g/mol. The van der Waals surface area contributed by atoms with Crippen LogP contribution < -0.4 is 31.3 Å². The van der Waals surface area contributed by atoms with Crippen LogP contribution in [-0.4, -0.2) is 77.4 Å². The smallest absolute Gasteiger partial charge is 0.322 e. The molecule has 0 saturated carbocycles. The van der Waals surface area contributed by atoms with Crippen molar-refractivity contribution in [2.75, 3.05) is 13.1 Å². The zero-order chi connectivity index (χ0) is 33.6. The van der Waals surface area contributed by atoms with Crippen LogP contribution in [0.3, 0.4) is 0 Å². The standard InChI is InChI=1S/C31H49N5O8/c1-18(2)13-23(28(41)33-17-27(39)40)35-29(42)24(14-19(3)4)36-30(43)25(34-26(38)16-32-20(5)37)15-21-9-11-22(12-10-21)44-31(6,7)8/h9-12,18-19,23-25H,13-17H2,1-8H3,(H,32,37)(H,33,41)(H,34,38)(H,35,42)(H,36,43)(H,39,40)/t23-,24-,25-/m0/s1. The van der Waals surface area contributed by atoms with Crippen LogP contribution >= 0.6 is 0 Å². The summed E-state index contributed by atoms with van der Waals surface area (Å²) in [6, 6.07) is 3.88. The summed E-state index contributed by atoms with van der Waals surface area (Å²) in [6.45, 7) is 13.5. The van der Waals surface area contributed by atoms with Gasteiger partial charge in [-0.1, -0.05) is 39.8 Å². The number of aliphatic carboxylic acids is 1. The van der Waals surface area contributed by atoms with Gasteiger partial charge in [0.1, 0.15) is 36.0 Å². The van der Waals surface area contributed by atoms with Crippen molar-refractivity contribution in [3.05, 3.63) is 29.8 Å². The number of carboxylic acids is 1. The van der Waals surface area contributed by atoms with Gasteiger partial charge in [-0.05, 0) is 63.1 Å². The van der Waals surface area contributed by atoms with Gasteiger partial charge in [-0.15, -0.1) is 0 Å². The van der Waals surface area contributed by atoms with Crippen LogP contribution in [0.4, 0.5) is 0 Å². The van der Waals surface area contributed by atoms with E-state index < -0.39 is 65.8 Å². The first-order valence-corrected chi connectivity index (χ1v) is 14.8. The molecule has 13 heteroatoms. The van der Waals surface area contributed by atoms with Gasteiger partial charge in [-0.25, -0.2) is 0 Å². The quantitative estimate of drug-likeness (QED) is 0.150. The molecule has 13 nitrogen and oxygen atoms in total. The van der Waals surface area contributed by atoms with Crippen LogP contribution in [0.25, 0.3) is 0 Å². The van der Waals surface area contributed by atoms with Gasteiger partial charge in [0.25, 0.3) is 0 Å². The number of benzene rings is 1. The second kappa shape index (κ2) is 17.8. The molecular formula is C31H49N5O8. The Morgan fingerprint density at radius 3 is 1.68 bits per heavy atom. The van der Waals surface area contributed by atoms with Crippen LogP contribution in [0.15, 0.2) is 24.3 Å². The maximum absolute atomic E-state index is 13.6. The third-order valence-corrected chi connectivity index (χ3v) is 6.03. The van der Waals surface area contributed by atoms with E-state index in [1.807, 2.05) is 48.5 Å². The third kappa shape index (κ3) is 15.9. The van der Waals surface area contributed by atoms with E-state index in [1.54, 1.807) is 24.3 Å². The molecule has 3 atom stereocenters. The van der Waals surface area contributed by atoms with E-state index in [-0.39, 0.29) is 37.6 Å². The molecule has 1 aromatic rings. The lowest BCUT2D eigenvalue weighted by atomic mass is 9.99. The summed E-state index contributed by atoms with van der Waals surface area (Å²) in [5, 5.41) is 21.6. The van der Waals surface area contributed by atoms with Crippen molar-refractivity contribution in [2.45, 2.75) is 98.4 Å². The normalized spacial score (nSPS) is 13.3. The molecule has 0 unspecified atom stereocenters. The molecule has 1 aromatic carbocycles. The highest BCUT2D eigenvalue weighted by Crippen LogP contribution is 2.19. The number of amides is 5. The van der Waals surface area contributed by atoms with Crippen LogP contribution in [0.2, 0.25) is 0 Å². The summed E-state index contributed by atoms with van der Waals surface area (Å²) >= 11 is 0. The molecule has 5 amide bonds. The summed E-state index contributed by atoms with van der Waals surface area (Å²) in [5.74, 6) is -3.52. The molecule has 0 bridgehead atoms. The van der Waals surface area contributed by atoms with Crippen molar-refractivity contribution in [3.63, 3.8) is 0 Å². The minimum Gasteiger partial charge on any atom is -0.488 e. The highest BCUT2D eigenvalue weighted by atomic mass is 16.5. The Labute approximate surface area is 259 Å². The Morgan fingerprint density at radius 1 is 0.727 bits per heavy atom. The van der Waals surface area contributed by atoms with Crippen molar-refractivity contribution < 1.29 is 38.6 Å². The topological polar surface area (TPSA) is 192 Å². The highest BCUT2D eigenvalue weighted by molar-refractivity contribution is 5.95. The SMILES string of the molecule is CC(=O)NCC(=O)N[C@@H](Cc1ccc(OC(C)(C)C)cc1)C(=O)N[C@@H](CC(C)C)C(=O)N[C@@H](CC(C)C)C(=O)NCC(=O)O. The highest BCUT2D eigenvalue weighted by Gasteiger charge is 2.31. The van der Waals surface area contributed by atoms with Crippen LogP contribution in [0.1, 0.15) is 73.8 Å². The molecule has 0 radical (unpaired) electrons. The van der Waals surface area contributed by atoms with Crippen molar-refractivity contribution in [1.29, 1.82) is 0 Å².